The van der Waals surface area contributed by atoms with Gasteiger partial charge in [0.05, 0.1) is 6.54 Å². The highest BCUT2D eigenvalue weighted by atomic mass is 19.4. The van der Waals surface area contributed by atoms with Gasteiger partial charge in [-0.25, -0.2) is 19.6 Å². The molecule has 4 aromatic rings. The summed E-state index contributed by atoms with van der Waals surface area (Å²) >= 11 is 0. The second-order valence-corrected chi connectivity index (χ2v) is 7.35. The Morgan fingerprint density at radius 2 is 1.97 bits per heavy atom. The van der Waals surface area contributed by atoms with Gasteiger partial charge in [0, 0.05) is 24.5 Å². The number of H-pyrrole nitrogens is 1. The van der Waals surface area contributed by atoms with E-state index in [1.165, 1.54) is 17.1 Å². The van der Waals surface area contributed by atoms with Gasteiger partial charge in [-0.15, -0.1) is 0 Å². The van der Waals surface area contributed by atoms with Crippen LogP contribution in [0.4, 0.5) is 13.2 Å². The zero-order valence-electron chi connectivity index (χ0n) is 17.1. The number of alkyl halides is 3. The average molecular weight is 454 g/mol. The van der Waals surface area contributed by atoms with E-state index in [1.54, 1.807) is 18.5 Å². The van der Waals surface area contributed by atoms with Crippen LogP contribution in [0.15, 0.2) is 47.9 Å². The van der Waals surface area contributed by atoms with E-state index in [2.05, 4.69) is 30.0 Å². The van der Waals surface area contributed by atoms with E-state index in [0.717, 1.165) is 31.5 Å². The molecule has 33 heavy (non-hydrogen) atoms. The van der Waals surface area contributed by atoms with Crippen LogP contribution in [0.2, 0.25) is 0 Å². The molecule has 5 rings (SSSR count). The van der Waals surface area contributed by atoms with Crippen LogP contribution >= 0.6 is 0 Å². The summed E-state index contributed by atoms with van der Waals surface area (Å²) in [6, 6.07) is 5.81. The molecule has 0 saturated heterocycles. The van der Waals surface area contributed by atoms with Crippen LogP contribution in [0.1, 0.15) is 48.0 Å². The summed E-state index contributed by atoms with van der Waals surface area (Å²) in [4.78, 5) is 30.4. The number of hydrogen-bond donors (Lipinski definition) is 1. The van der Waals surface area contributed by atoms with Gasteiger partial charge in [0.1, 0.15) is 29.3 Å². The van der Waals surface area contributed by atoms with Crippen LogP contribution < -0.4 is 5.56 Å². The predicted octanol–water partition coefficient (Wildman–Crippen LogP) is 3.20. The molecule has 9 nitrogen and oxygen atoms in total. The van der Waals surface area contributed by atoms with Gasteiger partial charge in [0.2, 0.25) is 0 Å². The number of aromatic nitrogens is 7. The zero-order valence-corrected chi connectivity index (χ0v) is 17.1. The first-order chi connectivity index (χ1) is 15.9. The monoisotopic (exact) mass is 454 g/mol. The van der Waals surface area contributed by atoms with Gasteiger partial charge in [-0.05, 0) is 30.5 Å². The first kappa shape index (κ1) is 22.1. The molecular weight excluding hydrogens is 437 g/mol. The van der Waals surface area contributed by atoms with Gasteiger partial charge >= 0.3 is 6.18 Å². The summed E-state index contributed by atoms with van der Waals surface area (Å²) < 4.78 is 39.3. The summed E-state index contributed by atoms with van der Waals surface area (Å²) in [5.74, 6) is 0.721. The zero-order chi connectivity index (χ0) is 23.4. The van der Waals surface area contributed by atoms with Gasteiger partial charge in [0.25, 0.3) is 5.56 Å². The summed E-state index contributed by atoms with van der Waals surface area (Å²) in [5.41, 5.74) is -0.800. The minimum Gasteiger partial charge on any atom is -0.310 e. The van der Waals surface area contributed by atoms with E-state index in [4.69, 9.17) is 0 Å². The number of halogens is 3. The number of pyridine rings is 1. The lowest BCUT2D eigenvalue weighted by Crippen LogP contribution is -2.19. The lowest BCUT2D eigenvalue weighted by Gasteiger charge is -2.23. The normalized spacial score (nSPS) is 13.6. The topological polar surface area (TPSA) is 126 Å². The number of rotatable bonds is 3. The summed E-state index contributed by atoms with van der Waals surface area (Å²) in [5, 5.41) is 13.4. The van der Waals surface area contributed by atoms with Crippen molar-refractivity contribution in [3.8, 4) is 6.07 Å². The molecule has 4 heterocycles. The van der Waals surface area contributed by atoms with Crippen LogP contribution in [0.25, 0.3) is 11.0 Å². The predicted molar refractivity (Wildman–Crippen MR) is 110 cm³/mol. The average Bonchev–Trinajstić information content (AvgIpc) is 3.12. The van der Waals surface area contributed by atoms with Crippen molar-refractivity contribution >= 4 is 11.0 Å². The molecule has 1 saturated carbocycles. The summed E-state index contributed by atoms with van der Waals surface area (Å²) in [6.45, 7) is 0.0455. The maximum Gasteiger partial charge on any atom is 0.433 e. The second kappa shape index (κ2) is 9.15. The van der Waals surface area contributed by atoms with E-state index < -0.39 is 17.4 Å². The Balaban J connectivity index is 0.000000376. The summed E-state index contributed by atoms with van der Waals surface area (Å²) in [7, 11) is 0. The Hall–Kier alpha value is -4.14. The fourth-order valence-electron chi connectivity index (χ4n) is 3.27. The third-order valence-corrected chi connectivity index (χ3v) is 5.14. The molecule has 1 N–H and O–H groups in total. The molecule has 1 fully saturated rings. The van der Waals surface area contributed by atoms with E-state index >= 15 is 0 Å². The van der Waals surface area contributed by atoms with Crippen molar-refractivity contribution < 1.29 is 13.2 Å². The van der Waals surface area contributed by atoms with Crippen LogP contribution in [-0.4, -0.2) is 34.7 Å². The number of aromatic amines is 1. The number of fused-ring (bicyclic) bond motifs is 1. The molecule has 0 bridgehead atoms. The summed E-state index contributed by atoms with van der Waals surface area (Å²) in [6.07, 6.45) is 4.37. The highest BCUT2D eigenvalue weighted by Gasteiger charge is 2.32. The van der Waals surface area contributed by atoms with Crippen molar-refractivity contribution in [2.75, 3.05) is 0 Å². The van der Waals surface area contributed by atoms with Crippen molar-refractivity contribution in [3.05, 3.63) is 76.2 Å². The van der Waals surface area contributed by atoms with Crippen LogP contribution in [-0.2, 0) is 12.7 Å². The van der Waals surface area contributed by atoms with Crippen LogP contribution in [0, 0.1) is 11.3 Å². The van der Waals surface area contributed by atoms with Gasteiger partial charge in [-0.2, -0.15) is 23.5 Å². The molecule has 0 amide bonds. The number of nitrogens with zero attached hydrogens (tertiary/aromatic N) is 7. The minimum atomic E-state index is -4.52. The maximum absolute atomic E-state index is 12.6. The third kappa shape index (κ3) is 4.87. The Morgan fingerprint density at radius 1 is 1.21 bits per heavy atom. The molecule has 0 aliphatic heterocycles. The first-order valence-electron chi connectivity index (χ1n) is 9.99. The first-order valence-corrected chi connectivity index (χ1v) is 9.99. The highest BCUT2D eigenvalue weighted by molar-refractivity contribution is 5.80. The third-order valence-electron chi connectivity index (χ3n) is 5.14. The molecule has 0 unspecified atom stereocenters. The van der Waals surface area contributed by atoms with Crippen molar-refractivity contribution in [2.24, 2.45) is 0 Å². The number of hydrogen-bond acceptors (Lipinski definition) is 7. The molecular formula is C21H17F3N8O. The van der Waals surface area contributed by atoms with Gasteiger partial charge in [-0.3, -0.25) is 9.78 Å². The van der Waals surface area contributed by atoms with Gasteiger partial charge < -0.3 is 4.98 Å². The smallest absolute Gasteiger partial charge is 0.310 e. The lowest BCUT2D eigenvalue weighted by molar-refractivity contribution is -0.141. The number of nitrogens with one attached hydrogen (secondary N) is 1. The minimum absolute atomic E-state index is 0.0455. The van der Waals surface area contributed by atoms with Crippen molar-refractivity contribution in [1.29, 1.82) is 5.26 Å². The van der Waals surface area contributed by atoms with E-state index in [1.807, 2.05) is 6.07 Å². The fourth-order valence-corrected chi connectivity index (χ4v) is 3.27. The molecule has 1 aliphatic carbocycles. The Labute approximate surface area is 185 Å². The fraction of sp³-hybridized carbons (Fsp3) is 0.286. The molecule has 0 aromatic carbocycles. The Morgan fingerprint density at radius 3 is 2.45 bits per heavy atom. The molecule has 1 aliphatic rings. The number of nitriles is 1. The van der Waals surface area contributed by atoms with Gasteiger partial charge in [0.15, 0.2) is 11.3 Å². The second-order valence-electron chi connectivity index (χ2n) is 7.35. The Kier molecular flexibility index (Phi) is 6.12. The highest BCUT2D eigenvalue weighted by Crippen LogP contribution is 2.34. The van der Waals surface area contributed by atoms with Crippen LogP contribution in [0.3, 0.4) is 0 Å². The molecule has 4 aromatic heterocycles. The molecule has 168 valence electrons. The maximum atomic E-state index is 12.6. The van der Waals surface area contributed by atoms with Crippen molar-refractivity contribution in [2.45, 2.75) is 37.9 Å². The lowest BCUT2D eigenvalue weighted by atomic mass is 9.85. The van der Waals surface area contributed by atoms with Crippen LogP contribution in [0.5, 0.6) is 0 Å². The largest absolute Gasteiger partial charge is 0.433 e. The van der Waals surface area contributed by atoms with Gasteiger partial charge in [-0.1, -0.05) is 12.5 Å². The molecule has 0 radical (unpaired) electrons. The van der Waals surface area contributed by atoms with Crippen molar-refractivity contribution in [1.82, 2.24) is 34.7 Å². The standard InChI is InChI=1S/C17H13F3N6O.C4H4N2/c18-17(19,20)12-5-4-9(7-22-12)8-26-15-13(11(6-21)25-26)16(27)24-14(23-15)10-2-1-3-10;1-2-5-4-6-3-1/h4-5,7,10H,1-3,8H2,(H,23,24,27);1-4H. The molecule has 0 atom stereocenters. The van der Waals surface area contributed by atoms with E-state index in [0.29, 0.717) is 11.4 Å². The SMILES string of the molecule is N#Cc1nn(Cc2ccc(C(F)(F)F)nc2)c2nc(C3CCC3)[nH]c(=O)c12.c1cncnc1. The molecule has 0 spiro atoms. The van der Waals surface area contributed by atoms with Crippen molar-refractivity contribution in [3.63, 3.8) is 0 Å². The quantitative estimate of drug-likeness (QED) is 0.504. The Bertz CT molecular complexity index is 1310. The van der Waals surface area contributed by atoms with E-state index in [-0.39, 0.29) is 29.2 Å². The van der Waals surface area contributed by atoms with E-state index in [9.17, 15) is 23.2 Å². The molecule has 12 heteroatoms.